The molecule has 0 radical (unpaired) electrons. The molecular formula is C13H16N2S. The van der Waals surface area contributed by atoms with E-state index in [2.05, 4.69) is 48.9 Å². The molecule has 1 heterocycles. The fourth-order valence-corrected chi connectivity index (χ4v) is 2.64. The second-order valence-corrected chi connectivity index (χ2v) is 5.30. The number of aromatic nitrogens is 1. The first-order chi connectivity index (χ1) is 7.69. The number of thiazole rings is 1. The average molecular weight is 232 g/mol. The Morgan fingerprint density at radius 2 is 2.31 bits per heavy atom. The van der Waals surface area contributed by atoms with Gasteiger partial charge in [-0.05, 0) is 36.2 Å². The van der Waals surface area contributed by atoms with E-state index in [0.717, 1.165) is 17.1 Å². The van der Waals surface area contributed by atoms with E-state index >= 15 is 0 Å². The van der Waals surface area contributed by atoms with Crippen LogP contribution in [0.4, 0.5) is 5.13 Å². The van der Waals surface area contributed by atoms with Crippen molar-refractivity contribution in [3.63, 3.8) is 0 Å². The van der Waals surface area contributed by atoms with Gasteiger partial charge in [-0.25, -0.2) is 4.98 Å². The van der Waals surface area contributed by atoms with Gasteiger partial charge in [0.1, 0.15) is 0 Å². The van der Waals surface area contributed by atoms with Crippen LogP contribution in [0.25, 0.3) is 10.2 Å². The van der Waals surface area contributed by atoms with Gasteiger partial charge in [-0.3, -0.25) is 0 Å². The Morgan fingerprint density at radius 3 is 3.00 bits per heavy atom. The summed E-state index contributed by atoms with van der Waals surface area (Å²) in [6.45, 7) is 8.11. The van der Waals surface area contributed by atoms with Gasteiger partial charge >= 0.3 is 0 Å². The van der Waals surface area contributed by atoms with Crippen LogP contribution >= 0.6 is 11.3 Å². The molecule has 2 nitrogen and oxygen atoms in total. The average Bonchev–Trinajstić information content (AvgIpc) is 2.59. The number of nitrogens with zero attached hydrogens (tertiary/aromatic N) is 1. The monoisotopic (exact) mass is 232 g/mol. The molecule has 1 N–H and O–H groups in total. The molecule has 0 aliphatic heterocycles. The van der Waals surface area contributed by atoms with Gasteiger partial charge in [-0.1, -0.05) is 37.8 Å². The first kappa shape index (κ1) is 11.1. The van der Waals surface area contributed by atoms with E-state index in [1.807, 2.05) is 0 Å². The number of hydrogen-bond donors (Lipinski definition) is 1. The molecule has 0 bridgehead atoms. The Balaban J connectivity index is 2.33. The van der Waals surface area contributed by atoms with Crippen molar-refractivity contribution in [1.82, 2.24) is 4.98 Å². The molecule has 0 aliphatic carbocycles. The molecule has 0 aliphatic rings. The minimum Gasteiger partial charge on any atom is -0.339 e. The van der Waals surface area contributed by atoms with Crippen molar-refractivity contribution < 1.29 is 0 Å². The standard InChI is InChI=1S/C13H16N2S/c1-4-14-13-15-11-6-5-10(7-9(2)3)8-12(11)16-13/h4-6,8-9H,1,7H2,2-3H3,(H,14,15). The third-order valence-electron chi connectivity index (χ3n) is 2.32. The van der Waals surface area contributed by atoms with Gasteiger partial charge in [0.05, 0.1) is 10.2 Å². The van der Waals surface area contributed by atoms with E-state index in [1.54, 1.807) is 17.5 Å². The summed E-state index contributed by atoms with van der Waals surface area (Å²) in [5.74, 6) is 0.691. The molecule has 0 amide bonds. The van der Waals surface area contributed by atoms with Crippen LogP contribution in [0.5, 0.6) is 0 Å². The molecule has 0 spiro atoms. The van der Waals surface area contributed by atoms with Crippen LogP contribution in [-0.4, -0.2) is 4.98 Å². The van der Waals surface area contributed by atoms with Gasteiger partial charge in [-0.15, -0.1) is 0 Å². The van der Waals surface area contributed by atoms with Gasteiger partial charge in [0.2, 0.25) is 0 Å². The summed E-state index contributed by atoms with van der Waals surface area (Å²) in [6, 6.07) is 6.50. The number of hydrogen-bond acceptors (Lipinski definition) is 3. The predicted molar refractivity (Wildman–Crippen MR) is 72.0 cm³/mol. The van der Waals surface area contributed by atoms with Crippen molar-refractivity contribution in [1.29, 1.82) is 0 Å². The lowest BCUT2D eigenvalue weighted by Crippen LogP contribution is -1.92. The molecular weight excluding hydrogens is 216 g/mol. The van der Waals surface area contributed by atoms with E-state index in [-0.39, 0.29) is 0 Å². The molecule has 16 heavy (non-hydrogen) atoms. The van der Waals surface area contributed by atoms with Gasteiger partial charge in [0, 0.05) is 0 Å². The maximum atomic E-state index is 4.46. The van der Waals surface area contributed by atoms with E-state index < -0.39 is 0 Å². The Bertz CT molecular complexity index is 500. The molecule has 0 fully saturated rings. The topological polar surface area (TPSA) is 24.9 Å². The lowest BCUT2D eigenvalue weighted by atomic mass is 10.0. The number of fused-ring (bicyclic) bond motifs is 1. The quantitative estimate of drug-likeness (QED) is 0.860. The van der Waals surface area contributed by atoms with Crippen LogP contribution < -0.4 is 5.32 Å². The SMILES string of the molecule is C=CNc1nc2ccc(CC(C)C)cc2s1. The Morgan fingerprint density at radius 1 is 1.50 bits per heavy atom. The molecule has 0 unspecified atom stereocenters. The summed E-state index contributed by atoms with van der Waals surface area (Å²) in [5.41, 5.74) is 2.44. The van der Waals surface area contributed by atoms with Gasteiger partial charge in [0.25, 0.3) is 0 Å². The molecule has 2 aromatic rings. The van der Waals surface area contributed by atoms with Crippen LogP contribution in [0.3, 0.4) is 0 Å². The Labute approximate surface area is 100 Å². The highest BCUT2D eigenvalue weighted by Gasteiger charge is 2.04. The van der Waals surface area contributed by atoms with Gasteiger partial charge in [0.15, 0.2) is 5.13 Å². The summed E-state index contributed by atoms with van der Waals surface area (Å²) < 4.78 is 1.24. The van der Waals surface area contributed by atoms with Crippen molar-refractivity contribution in [2.45, 2.75) is 20.3 Å². The van der Waals surface area contributed by atoms with E-state index in [4.69, 9.17) is 0 Å². The first-order valence-corrected chi connectivity index (χ1v) is 6.27. The predicted octanol–water partition coefficient (Wildman–Crippen LogP) is 4.05. The highest BCUT2D eigenvalue weighted by Crippen LogP contribution is 2.27. The Kier molecular flexibility index (Phi) is 3.25. The molecule has 0 atom stereocenters. The number of nitrogens with one attached hydrogen (secondary N) is 1. The number of rotatable bonds is 4. The minimum absolute atomic E-state index is 0.691. The van der Waals surface area contributed by atoms with E-state index in [9.17, 15) is 0 Å². The molecule has 84 valence electrons. The van der Waals surface area contributed by atoms with Crippen molar-refractivity contribution in [2.75, 3.05) is 5.32 Å². The van der Waals surface area contributed by atoms with Crippen molar-refractivity contribution in [2.24, 2.45) is 5.92 Å². The zero-order valence-corrected chi connectivity index (χ0v) is 10.5. The highest BCUT2D eigenvalue weighted by molar-refractivity contribution is 7.22. The Hall–Kier alpha value is -1.35. The van der Waals surface area contributed by atoms with Crippen molar-refractivity contribution >= 4 is 26.7 Å². The van der Waals surface area contributed by atoms with E-state index in [1.165, 1.54) is 10.3 Å². The van der Waals surface area contributed by atoms with Crippen LogP contribution in [0.15, 0.2) is 31.0 Å². The van der Waals surface area contributed by atoms with Crippen LogP contribution in [0.2, 0.25) is 0 Å². The summed E-state index contributed by atoms with van der Waals surface area (Å²) in [5, 5.41) is 3.94. The lowest BCUT2D eigenvalue weighted by molar-refractivity contribution is 0.648. The molecule has 0 saturated carbocycles. The minimum atomic E-state index is 0.691. The zero-order valence-electron chi connectivity index (χ0n) is 9.66. The maximum absolute atomic E-state index is 4.46. The molecule has 1 aromatic heterocycles. The molecule has 2 rings (SSSR count). The fraction of sp³-hybridized carbons (Fsp3) is 0.308. The van der Waals surface area contributed by atoms with Gasteiger partial charge < -0.3 is 5.32 Å². The van der Waals surface area contributed by atoms with Crippen molar-refractivity contribution in [3.05, 3.63) is 36.5 Å². The van der Waals surface area contributed by atoms with Crippen LogP contribution in [0.1, 0.15) is 19.4 Å². The van der Waals surface area contributed by atoms with Crippen LogP contribution in [0, 0.1) is 5.92 Å². The van der Waals surface area contributed by atoms with Crippen LogP contribution in [-0.2, 0) is 6.42 Å². The second kappa shape index (κ2) is 4.66. The third-order valence-corrected chi connectivity index (χ3v) is 3.27. The maximum Gasteiger partial charge on any atom is 0.187 e. The molecule has 3 heteroatoms. The number of anilines is 1. The molecule has 0 saturated heterocycles. The normalized spacial score (nSPS) is 10.9. The second-order valence-electron chi connectivity index (χ2n) is 4.27. The van der Waals surface area contributed by atoms with E-state index in [0.29, 0.717) is 5.92 Å². The largest absolute Gasteiger partial charge is 0.339 e. The summed E-state index contributed by atoms with van der Waals surface area (Å²) >= 11 is 1.67. The lowest BCUT2D eigenvalue weighted by Gasteiger charge is -2.03. The third kappa shape index (κ3) is 2.42. The van der Waals surface area contributed by atoms with Gasteiger partial charge in [-0.2, -0.15) is 0 Å². The zero-order chi connectivity index (χ0) is 11.5. The highest BCUT2D eigenvalue weighted by atomic mass is 32.1. The summed E-state index contributed by atoms with van der Waals surface area (Å²) in [6.07, 6.45) is 2.78. The van der Waals surface area contributed by atoms with Crippen molar-refractivity contribution in [3.8, 4) is 0 Å². The first-order valence-electron chi connectivity index (χ1n) is 5.46. The summed E-state index contributed by atoms with van der Waals surface area (Å²) in [7, 11) is 0. The smallest absolute Gasteiger partial charge is 0.187 e. The molecule has 1 aromatic carbocycles. The fourth-order valence-electron chi connectivity index (χ4n) is 1.72. The summed E-state index contributed by atoms with van der Waals surface area (Å²) in [4.78, 5) is 4.46. The number of benzene rings is 1.